The molecule has 0 N–H and O–H groups in total. The van der Waals surface area contributed by atoms with Gasteiger partial charge in [-0.05, 0) is 43.2 Å². The second-order valence-electron chi connectivity index (χ2n) is 4.41. The average Bonchev–Trinajstić information content (AvgIpc) is 2.78. The van der Waals surface area contributed by atoms with Gasteiger partial charge in [0.2, 0.25) is 5.89 Å². The van der Waals surface area contributed by atoms with E-state index >= 15 is 0 Å². The molecule has 0 atom stereocenters. The maximum Gasteiger partial charge on any atom is 0.227 e. The Hall–Kier alpha value is -1.80. The van der Waals surface area contributed by atoms with Crippen LogP contribution in [0.2, 0.25) is 5.02 Å². The fourth-order valence-electron chi connectivity index (χ4n) is 1.94. The lowest BCUT2D eigenvalue weighted by atomic mass is 10.1. The van der Waals surface area contributed by atoms with Crippen molar-refractivity contribution in [1.29, 1.82) is 0 Å². The van der Waals surface area contributed by atoms with Crippen LogP contribution >= 0.6 is 11.6 Å². The number of nitrogens with zero attached hydrogens (tertiary/aromatic N) is 1. The average molecular weight is 258 g/mol. The number of fused-ring (bicyclic) bond motifs is 1. The van der Waals surface area contributed by atoms with E-state index in [1.54, 1.807) is 0 Å². The zero-order valence-electron chi connectivity index (χ0n) is 10.2. The Balaban J connectivity index is 2.19. The van der Waals surface area contributed by atoms with Gasteiger partial charge in [-0.15, -0.1) is 0 Å². The Labute approximate surface area is 110 Å². The van der Waals surface area contributed by atoms with Crippen molar-refractivity contribution in [3.05, 3.63) is 52.5 Å². The molecule has 3 aromatic rings. The third kappa shape index (κ3) is 1.79. The molecule has 3 heteroatoms. The van der Waals surface area contributed by atoms with Gasteiger partial charge in [0.15, 0.2) is 5.58 Å². The second kappa shape index (κ2) is 4.14. The molecule has 0 unspecified atom stereocenters. The fraction of sp³-hybridized carbons (Fsp3) is 0.133. The summed E-state index contributed by atoms with van der Waals surface area (Å²) in [6, 6.07) is 11.8. The van der Waals surface area contributed by atoms with Crippen LogP contribution in [0.3, 0.4) is 0 Å². The number of benzene rings is 2. The molecule has 18 heavy (non-hydrogen) atoms. The molecule has 2 nitrogen and oxygen atoms in total. The van der Waals surface area contributed by atoms with Gasteiger partial charge in [0.05, 0.1) is 0 Å². The first kappa shape index (κ1) is 11.3. The summed E-state index contributed by atoms with van der Waals surface area (Å²) in [6.07, 6.45) is 0. The highest BCUT2D eigenvalue weighted by Gasteiger charge is 2.10. The summed E-state index contributed by atoms with van der Waals surface area (Å²) in [5, 5.41) is 0.728. The van der Waals surface area contributed by atoms with Crippen molar-refractivity contribution in [3.63, 3.8) is 0 Å². The van der Waals surface area contributed by atoms with Gasteiger partial charge in [-0.3, -0.25) is 0 Å². The van der Waals surface area contributed by atoms with E-state index in [2.05, 4.69) is 4.98 Å². The molecule has 0 aliphatic rings. The van der Waals surface area contributed by atoms with Gasteiger partial charge in [-0.2, -0.15) is 0 Å². The van der Waals surface area contributed by atoms with Crippen LogP contribution in [0, 0.1) is 13.8 Å². The van der Waals surface area contributed by atoms with Crippen LogP contribution in [-0.4, -0.2) is 4.98 Å². The summed E-state index contributed by atoms with van der Waals surface area (Å²) in [5.74, 6) is 0.612. The first-order valence-corrected chi connectivity index (χ1v) is 6.15. The highest BCUT2D eigenvalue weighted by Crippen LogP contribution is 2.28. The van der Waals surface area contributed by atoms with Crippen molar-refractivity contribution in [2.75, 3.05) is 0 Å². The highest BCUT2D eigenvalue weighted by molar-refractivity contribution is 6.31. The monoisotopic (exact) mass is 257 g/mol. The zero-order valence-corrected chi connectivity index (χ0v) is 11.0. The number of aryl methyl sites for hydroxylation is 2. The van der Waals surface area contributed by atoms with Gasteiger partial charge in [-0.1, -0.05) is 29.8 Å². The fourth-order valence-corrected chi connectivity index (χ4v) is 2.12. The molecule has 1 aromatic heterocycles. The minimum absolute atomic E-state index is 0.612. The number of rotatable bonds is 1. The van der Waals surface area contributed by atoms with E-state index < -0.39 is 0 Å². The highest BCUT2D eigenvalue weighted by atomic mass is 35.5. The molecule has 0 radical (unpaired) electrons. The molecular weight excluding hydrogens is 246 g/mol. The van der Waals surface area contributed by atoms with Crippen LogP contribution in [0.5, 0.6) is 0 Å². The van der Waals surface area contributed by atoms with E-state index in [-0.39, 0.29) is 0 Å². The molecule has 0 aliphatic carbocycles. The van der Waals surface area contributed by atoms with E-state index in [1.807, 2.05) is 50.2 Å². The van der Waals surface area contributed by atoms with Gasteiger partial charge in [-0.25, -0.2) is 4.98 Å². The molecule has 3 rings (SSSR count). The van der Waals surface area contributed by atoms with Gasteiger partial charge < -0.3 is 4.42 Å². The standard InChI is InChI=1S/C15H12ClNO/c1-9-6-7-11(8-12(9)16)15-17-13-5-3-4-10(2)14(13)18-15/h3-8H,1-2H3. The molecule has 0 saturated carbocycles. The van der Waals surface area contributed by atoms with Crippen molar-refractivity contribution in [1.82, 2.24) is 4.98 Å². The van der Waals surface area contributed by atoms with Crippen LogP contribution in [-0.2, 0) is 0 Å². The van der Waals surface area contributed by atoms with E-state index in [9.17, 15) is 0 Å². The van der Waals surface area contributed by atoms with E-state index in [0.717, 1.165) is 32.8 Å². The molecule has 0 amide bonds. The molecule has 90 valence electrons. The Morgan fingerprint density at radius 2 is 1.89 bits per heavy atom. The molecule has 0 fully saturated rings. The summed E-state index contributed by atoms with van der Waals surface area (Å²) in [5.41, 5.74) is 4.75. The van der Waals surface area contributed by atoms with Crippen molar-refractivity contribution in [2.45, 2.75) is 13.8 Å². The number of halogens is 1. The number of aromatic nitrogens is 1. The lowest BCUT2D eigenvalue weighted by molar-refractivity contribution is 0.617. The predicted molar refractivity (Wildman–Crippen MR) is 73.9 cm³/mol. The quantitative estimate of drug-likeness (QED) is 0.628. The first-order valence-electron chi connectivity index (χ1n) is 5.78. The van der Waals surface area contributed by atoms with Crippen molar-refractivity contribution >= 4 is 22.7 Å². The Morgan fingerprint density at radius 3 is 2.61 bits per heavy atom. The number of oxazole rings is 1. The van der Waals surface area contributed by atoms with Gasteiger partial charge in [0.25, 0.3) is 0 Å². The molecule has 1 heterocycles. The number of hydrogen-bond acceptors (Lipinski definition) is 2. The molecular formula is C15H12ClNO. The Morgan fingerprint density at radius 1 is 1.06 bits per heavy atom. The van der Waals surface area contributed by atoms with E-state index in [1.165, 1.54) is 0 Å². The van der Waals surface area contributed by atoms with Crippen molar-refractivity contribution in [2.24, 2.45) is 0 Å². The molecule has 0 saturated heterocycles. The van der Waals surface area contributed by atoms with Crippen LogP contribution < -0.4 is 0 Å². The van der Waals surface area contributed by atoms with Gasteiger partial charge in [0.1, 0.15) is 5.52 Å². The smallest absolute Gasteiger partial charge is 0.227 e. The molecule has 2 aromatic carbocycles. The second-order valence-corrected chi connectivity index (χ2v) is 4.81. The zero-order chi connectivity index (χ0) is 12.7. The summed E-state index contributed by atoms with van der Waals surface area (Å²) < 4.78 is 5.81. The van der Waals surface area contributed by atoms with Crippen LogP contribution in [0.15, 0.2) is 40.8 Å². The molecule has 0 bridgehead atoms. The van der Waals surface area contributed by atoms with Gasteiger partial charge in [0, 0.05) is 10.6 Å². The maximum atomic E-state index is 6.12. The first-order chi connectivity index (χ1) is 8.65. The Bertz CT molecular complexity index is 730. The number of hydrogen-bond donors (Lipinski definition) is 0. The van der Waals surface area contributed by atoms with E-state index in [4.69, 9.17) is 16.0 Å². The topological polar surface area (TPSA) is 26.0 Å². The SMILES string of the molecule is Cc1ccc(-c2nc3cccc(C)c3o2)cc1Cl. The van der Waals surface area contributed by atoms with Gasteiger partial charge >= 0.3 is 0 Å². The maximum absolute atomic E-state index is 6.12. The number of para-hydroxylation sites is 1. The lowest BCUT2D eigenvalue weighted by Gasteiger charge is -1.99. The summed E-state index contributed by atoms with van der Waals surface area (Å²) in [6.45, 7) is 3.99. The van der Waals surface area contributed by atoms with Crippen LogP contribution in [0.25, 0.3) is 22.6 Å². The minimum atomic E-state index is 0.612. The molecule has 0 aliphatic heterocycles. The normalized spacial score (nSPS) is 11.1. The Kier molecular flexibility index (Phi) is 2.60. The largest absolute Gasteiger partial charge is 0.436 e. The van der Waals surface area contributed by atoms with Crippen molar-refractivity contribution < 1.29 is 4.42 Å². The van der Waals surface area contributed by atoms with Crippen molar-refractivity contribution in [3.8, 4) is 11.5 Å². The van der Waals surface area contributed by atoms with Crippen LogP contribution in [0.1, 0.15) is 11.1 Å². The lowest BCUT2D eigenvalue weighted by Crippen LogP contribution is -1.80. The minimum Gasteiger partial charge on any atom is -0.436 e. The third-order valence-electron chi connectivity index (χ3n) is 3.03. The van der Waals surface area contributed by atoms with Crippen LogP contribution in [0.4, 0.5) is 0 Å². The summed E-state index contributed by atoms with van der Waals surface area (Å²) >= 11 is 6.12. The third-order valence-corrected chi connectivity index (χ3v) is 3.44. The summed E-state index contributed by atoms with van der Waals surface area (Å²) in [4.78, 5) is 4.49. The van der Waals surface area contributed by atoms with E-state index in [0.29, 0.717) is 5.89 Å². The summed E-state index contributed by atoms with van der Waals surface area (Å²) in [7, 11) is 0. The molecule has 0 spiro atoms. The predicted octanol–water partition coefficient (Wildman–Crippen LogP) is 4.77.